The van der Waals surface area contributed by atoms with Crippen molar-refractivity contribution in [3.63, 3.8) is 0 Å². The zero-order chi connectivity index (χ0) is 18.6. The predicted molar refractivity (Wildman–Crippen MR) is 129 cm³/mol. The van der Waals surface area contributed by atoms with Crippen molar-refractivity contribution in [1.29, 1.82) is 0 Å². The number of para-hydroxylation sites is 2. The molecule has 4 rings (SSSR count). The molecule has 0 aliphatic carbocycles. The number of hydrogen-bond donors (Lipinski definition) is 1. The van der Waals surface area contributed by atoms with Crippen molar-refractivity contribution < 1.29 is 0 Å². The molecule has 0 amide bonds. The highest BCUT2D eigenvalue weighted by molar-refractivity contribution is 14.0. The van der Waals surface area contributed by atoms with E-state index in [-0.39, 0.29) is 24.0 Å². The van der Waals surface area contributed by atoms with Gasteiger partial charge in [0.1, 0.15) is 12.4 Å². The lowest BCUT2D eigenvalue weighted by atomic mass is 10.3. The normalized spacial score (nSPS) is 15.0. The number of thiophene rings is 1. The molecule has 8 heteroatoms. The van der Waals surface area contributed by atoms with Gasteiger partial charge in [0, 0.05) is 39.8 Å². The molecule has 3 aromatic rings. The highest BCUT2D eigenvalue weighted by Crippen LogP contribution is 2.22. The average molecular weight is 510 g/mol. The minimum Gasteiger partial charge on any atom is -0.360 e. The summed E-state index contributed by atoms with van der Waals surface area (Å²) < 4.78 is 2.14. The summed E-state index contributed by atoms with van der Waals surface area (Å²) in [4.78, 5) is 14.4. The number of hydrogen-bond acceptors (Lipinski definition) is 4. The van der Waals surface area contributed by atoms with Gasteiger partial charge >= 0.3 is 0 Å². The van der Waals surface area contributed by atoms with Gasteiger partial charge in [0.25, 0.3) is 0 Å². The summed E-state index contributed by atoms with van der Waals surface area (Å²) in [5.74, 6) is 1.97. The summed E-state index contributed by atoms with van der Waals surface area (Å²) >= 11 is 1.81. The molecule has 150 valence electrons. The fourth-order valence-electron chi connectivity index (χ4n) is 3.50. The molecule has 0 unspecified atom stereocenters. The number of halogens is 1. The summed E-state index contributed by atoms with van der Waals surface area (Å²) in [5.41, 5.74) is 2.18. The second kappa shape index (κ2) is 9.60. The van der Waals surface area contributed by atoms with Crippen molar-refractivity contribution in [2.24, 2.45) is 12.0 Å². The van der Waals surface area contributed by atoms with Gasteiger partial charge in [-0.15, -0.1) is 35.3 Å². The first-order valence-corrected chi connectivity index (χ1v) is 10.4. The van der Waals surface area contributed by atoms with Crippen molar-refractivity contribution in [3.05, 3.63) is 47.6 Å². The maximum absolute atomic E-state index is 4.88. The van der Waals surface area contributed by atoms with Crippen LogP contribution < -0.4 is 10.2 Å². The number of piperazine rings is 1. The van der Waals surface area contributed by atoms with Crippen LogP contribution in [0.25, 0.3) is 11.0 Å². The van der Waals surface area contributed by atoms with E-state index in [0.717, 1.165) is 55.5 Å². The van der Waals surface area contributed by atoms with Crippen LogP contribution in [-0.4, -0.2) is 53.1 Å². The molecular weight excluding hydrogens is 483 g/mol. The first-order chi connectivity index (χ1) is 13.3. The molecule has 3 heterocycles. The second-order valence-electron chi connectivity index (χ2n) is 6.67. The Bertz CT molecular complexity index is 912. The first-order valence-electron chi connectivity index (χ1n) is 9.48. The molecule has 1 aliphatic rings. The molecule has 1 fully saturated rings. The Kier molecular flexibility index (Phi) is 7.17. The van der Waals surface area contributed by atoms with Crippen LogP contribution in [0.2, 0.25) is 0 Å². The molecule has 0 saturated carbocycles. The molecule has 2 aromatic heterocycles. The van der Waals surface area contributed by atoms with E-state index >= 15 is 0 Å². The fraction of sp³-hybridized carbons (Fsp3) is 0.400. The molecule has 1 N–H and O–H groups in total. The number of fused-ring (bicyclic) bond motifs is 1. The van der Waals surface area contributed by atoms with Crippen LogP contribution in [0.3, 0.4) is 0 Å². The third-order valence-corrected chi connectivity index (χ3v) is 5.91. The van der Waals surface area contributed by atoms with E-state index in [4.69, 9.17) is 9.98 Å². The van der Waals surface area contributed by atoms with E-state index in [1.54, 1.807) is 0 Å². The minimum absolute atomic E-state index is 0. The van der Waals surface area contributed by atoms with Gasteiger partial charge in [-0.05, 0) is 36.6 Å². The molecule has 6 nitrogen and oxygen atoms in total. The average Bonchev–Trinajstić information content (AvgIpc) is 3.34. The topological polar surface area (TPSA) is 48.7 Å². The van der Waals surface area contributed by atoms with Crippen LogP contribution in [0, 0.1) is 0 Å². The van der Waals surface area contributed by atoms with Gasteiger partial charge in [0.05, 0.1) is 16.0 Å². The molecule has 0 spiro atoms. The molecule has 0 atom stereocenters. The lowest BCUT2D eigenvalue weighted by Crippen LogP contribution is -2.52. The fourth-order valence-corrected chi connectivity index (χ4v) is 4.28. The zero-order valence-corrected chi connectivity index (χ0v) is 19.5. The summed E-state index contributed by atoms with van der Waals surface area (Å²) in [6.07, 6.45) is 0. The summed E-state index contributed by atoms with van der Waals surface area (Å²) in [6.45, 7) is 7.57. The highest BCUT2D eigenvalue weighted by atomic mass is 127. The quantitative estimate of drug-likeness (QED) is 0.332. The lowest BCUT2D eigenvalue weighted by molar-refractivity contribution is 0.373. The number of aryl methyl sites for hydroxylation is 1. The lowest BCUT2D eigenvalue weighted by Gasteiger charge is -2.37. The Morgan fingerprint density at radius 2 is 1.93 bits per heavy atom. The van der Waals surface area contributed by atoms with E-state index in [1.807, 2.05) is 23.5 Å². The van der Waals surface area contributed by atoms with Crippen LogP contribution in [0.4, 0.5) is 5.00 Å². The maximum atomic E-state index is 4.88. The van der Waals surface area contributed by atoms with Crippen LogP contribution in [-0.2, 0) is 13.6 Å². The number of benzene rings is 1. The monoisotopic (exact) mass is 510 g/mol. The molecule has 1 saturated heterocycles. The Morgan fingerprint density at radius 3 is 2.61 bits per heavy atom. The largest absolute Gasteiger partial charge is 0.360 e. The van der Waals surface area contributed by atoms with Gasteiger partial charge in [0.2, 0.25) is 0 Å². The number of aromatic nitrogens is 2. The number of aliphatic imine (C=N–C) groups is 1. The standard InChI is InChI=1S/C20H26N6S.HI/c1-3-21-20(26-12-10-25(11-13-26)19-9-6-14-27-19)22-15-18-23-16-7-4-5-8-17(16)24(18)2;/h4-9,14H,3,10-13,15H2,1-2H3,(H,21,22);1H. The molecule has 1 aromatic carbocycles. The molecule has 1 aliphatic heterocycles. The SMILES string of the molecule is CCNC(=NCc1nc2ccccc2n1C)N1CCN(c2cccs2)CC1.I. The minimum atomic E-state index is 0. The molecule has 0 bridgehead atoms. The Morgan fingerprint density at radius 1 is 1.14 bits per heavy atom. The number of anilines is 1. The summed E-state index contributed by atoms with van der Waals surface area (Å²) in [6, 6.07) is 12.6. The smallest absolute Gasteiger partial charge is 0.194 e. The number of imidazole rings is 1. The van der Waals surface area contributed by atoms with Crippen LogP contribution >= 0.6 is 35.3 Å². The van der Waals surface area contributed by atoms with E-state index in [9.17, 15) is 0 Å². The van der Waals surface area contributed by atoms with Crippen molar-refractivity contribution >= 4 is 57.3 Å². The number of guanidine groups is 1. The van der Waals surface area contributed by atoms with E-state index in [1.165, 1.54) is 5.00 Å². The molecule has 0 radical (unpaired) electrons. The van der Waals surface area contributed by atoms with Crippen molar-refractivity contribution in [2.45, 2.75) is 13.5 Å². The third-order valence-electron chi connectivity index (χ3n) is 4.98. The van der Waals surface area contributed by atoms with Crippen molar-refractivity contribution in [1.82, 2.24) is 19.8 Å². The van der Waals surface area contributed by atoms with Gasteiger partial charge in [0.15, 0.2) is 5.96 Å². The van der Waals surface area contributed by atoms with Crippen molar-refractivity contribution in [2.75, 3.05) is 37.6 Å². The Hall–Kier alpha value is -1.81. The van der Waals surface area contributed by atoms with Gasteiger partial charge in [-0.2, -0.15) is 0 Å². The van der Waals surface area contributed by atoms with Crippen LogP contribution in [0.15, 0.2) is 46.8 Å². The summed E-state index contributed by atoms with van der Waals surface area (Å²) in [5, 5.41) is 6.95. The van der Waals surface area contributed by atoms with E-state index in [2.05, 4.69) is 63.3 Å². The predicted octanol–water partition coefficient (Wildman–Crippen LogP) is 3.54. The van der Waals surface area contributed by atoms with E-state index in [0.29, 0.717) is 6.54 Å². The number of rotatable bonds is 4. The Labute approximate surface area is 187 Å². The highest BCUT2D eigenvalue weighted by Gasteiger charge is 2.20. The number of nitrogens with zero attached hydrogens (tertiary/aromatic N) is 5. The van der Waals surface area contributed by atoms with Crippen molar-refractivity contribution in [3.8, 4) is 0 Å². The molecule has 28 heavy (non-hydrogen) atoms. The number of nitrogens with one attached hydrogen (secondary N) is 1. The maximum Gasteiger partial charge on any atom is 0.194 e. The molecular formula is C20H27IN6S. The van der Waals surface area contributed by atoms with Gasteiger partial charge in [-0.25, -0.2) is 9.98 Å². The second-order valence-corrected chi connectivity index (χ2v) is 7.60. The third kappa shape index (κ3) is 4.43. The van der Waals surface area contributed by atoms with Gasteiger partial charge < -0.3 is 19.7 Å². The van der Waals surface area contributed by atoms with Gasteiger partial charge in [-0.1, -0.05) is 12.1 Å². The van der Waals surface area contributed by atoms with Crippen LogP contribution in [0.1, 0.15) is 12.7 Å². The zero-order valence-electron chi connectivity index (χ0n) is 16.3. The van der Waals surface area contributed by atoms with E-state index < -0.39 is 0 Å². The van der Waals surface area contributed by atoms with Crippen LogP contribution in [0.5, 0.6) is 0 Å². The van der Waals surface area contributed by atoms with Gasteiger partial charge in [-0.3, -0.25) is 0 Å². The summed E-state index contributed by atoms with van der Waals surface area (Å²) in [7, 11) is 2.06. The first kappa shape index (κ1) is 20.9. The Balaban J connectivity index is 0.00000225.